The van der Waals surface area contributed by atoms with Crippen molar-refractivity contribution < 1.29 is 27.8 Å². The minimum absolute atomic E-state index is 0.0269. The van der Waals surface area contributed by atoms with E-state index in [1.165, 1.54) is 24.1 Å². The van der Waals surface area contributed by atoms with Gasteiger partial charge in [-0.15, -0.1) is 0 Å². The molecule has 1 aromatic carbocycles. The van der Waals surface area contributed by atoms with Crippen molar-refractivity contribution in [2.24, 2.45) is 0 Å². The second-order valence-corrected chi connectivity index (χ2v) is 4.75. The molecule has 0 radical (unpaired) electrons. The molecule has 0 atom stereocenters. The van der Waals surface area contributed by atoms with Gasteiger partial charge in [-0.3, -0.25) is 0 Å². The highest BCUT2D eigenvalue weighted by Crippen LogP contribution is 2.35. The minimum Gasteiger partial charge on any atom is -0.496 e. The zero-order valence-corrected chi connectivity index (χ0v) is 10.8. The summed E-state index contributed by atoms with van der Waals surface area (Å²) in [6.45, 7) is 0.675. The number of methoxy groups -OCH3 is 1. The Morgan fingerprint density at radius 3 is 2.60 bits per heavy atom. The molecular formula is C13H14F3NO3. The van der Waals surface area contributed by atoms with Crippen LogP contribution in [-0.2, 0) is 6.42 Å². The summed E-state index contributed by atoms with van der Waals surface area (Å²) < 4.78 is 42.1. The molecule has 0 spiro atoms. The fraction of sp³-hybridized carbons (Fsp3) is 0.462. The third-order valence-corrected chi connectivity index (χ3v) is 3.29. The van der Waals surface area contributed by atoms with Gasteiger partial charge in [-0.05, 0) is 11.6 Å². The molecule has 0 aliphatic carbocycles. The van der Waals surface area contributed by atoms with E-state index in [0.29, 0.717) is 18.8 Å². The first-order valence-corrected chi connectivity index (χ1v) is 6.01. The molecule has 0 unspecified atom stereocenters. The average molecular weight is 289 g/mol. The van der Waals surface area contributed by atoms with E-state index in [1.807, 2.05) is 0 Å². The molecule has 1 heterocycles. The lowest BCUT2D eigenvalue weighted by Gasteiger charge is -2.37. The molecule has 110 valence electrons. The number of carboxylic acid groups (broad SMARTS) is 1. The molecule has 4 nitrogen and oxygen atoms in total. The molecule has 7 heteroatoms. The van der Waals surface area contributed by atoms with E-state index in [2.05, 4.69) is 0 Å². The zero-order valence-electron chi connectivity index (χ0n) is 10.8. The van der Waals surface area contributed by atoms with E-state index in [4.69, 9.17) is 9.84 Å². The second-order valence-electron chi connectivity index (χ2n) is 4.75. The van der Waals surface area contributed by atoms with E-state index in [0.717, 1.165) is 5.56 Å². The van der Waals surface area contributed by atoms with Crippen molar-refractivity contribution in [2.45, 2.75) is 18.5 Å². The topological polar surface area (TPSA) is 49.8 Å². The fourth-order valence-electron chi connectivity index (χ4n) is 2.27. The standard InChI is InChI=1S/C13H14F3NO3/c1-20-11-4-8(5-13(14,15)16)2-3-10(11)9-6-17(7-9)12(18)19/h2-4,9H,5-7H2,1H3,(H,18,19). The Morgan fingerprint density at radius 2 is 2.10 bits per heavy atom. The van der Waals surface area contributed by atoms with Crippen molar-refractivity contribution in [2.75, 3.05) is 20.2 Å². The lowest BCUT2D eigenvalue weighted by atomic mass is 9.90. The van der Waals surface area contributed by atoms with Crippen LogP contribution in [0, 0.1) is 0 Å². The zero-order chi connectivity index (χ0) is 14.9. The van der Waals surface area contributed by atoms with Gasteiger partial charge in [-0.1, -0.05) is 12.1 Å². The monoisotopic (exact) mass is 289 g/mol. The highest BCUT2D eigenvalue weighted by molar-refractivity contribution is 5.66. The summed E-state index contributed by atoms with van der Waals surface area (Å²) >= 11 is 0. The molecule has 0 aromatic heterocycles. The maximum absolute atomic E-state index is 12.3. The fourth-order valence-corrected chi connectivity index (χ4v) is 2.27. The summed E-state index contributed by atoms with van der Waals surface area (Å²) in [6.07, 6.45) is -6.26. The Hall–Kier alpha value is -1.92. The van der Waals surface area contributed by atoms with Crippen molar-refractivity contribution in [1.82, 2.24) is 4.90 Å². The van der Waals surface area contributed by atoms with Crippen molar-refractivity contribution in [1.29, 1.82) is 0 Å². The first kappa shape index (κ1) is 14.5. The first-order chi connectivity index (χ1) is 9.30. The molecule has 2 rings (SSSR count). The Kier molecular flexibility index (Phi) is 3.78. The lowest BCUT2D eigenvalue weighted by Crippen LogP contribution is -2.47. The van der Waals surface area contributed by atoms with Crippen LogP contribution < -0.4 is 4.74 Å². The van der Waals surface area contributed by atoms with Crippen molar-refractivity contribution >= 4 is 6.09 Å². The van der Waals surface area contributed by atoms with Crippen LogP contribution in [0.1, 0.15) is 17.0 Å². The second kappa shape index (κ2) is 5.22. The smallest absolute Gasteiger partial charge is 0.407 e. The molecule has 1 N–H and O–H groups in total. The molecule has 1 saturated heterocycles. The van der Waals surface area contributed by atoms with Gasteiger partial charge in [0, 0.05) is 24.6 Å². The summed E-state index contributed by atoms with van der Waals surface area (Å²) in [5.41, 5.74) is 0.878. The summed E-state index contributed by atoms with van der Waals surface area (Å²) in [7, 11) is 1.39. The third kappa shape index (κ3) is 3.15. The number of alkyl halides is 3. The Labute approximate surface area is 113 Å². The summed E-state index contributed by atoms with van der Waals surface area (Å²) in [5.74, 6) is 0.350. The average Bonchev–Trinajstić information content (AvgIpc) is 2.26. The van der Waals surface area contributed by atoms with E-state index in [-0.39, 0.29) is 11.5 Å². The van der Waals surface area contributed by atoms with Crippen LogP contribution in [0.15, 0.2) is 18.2 Å². The number of likely N-dealkylation sites (tertiary alicyclic amines) is 1. The number of ether oxygens (including phenoxy) is 1. The molecule has 20 heavy (non-hydrogen) atoms. The summed E-state index contributed by atoms with van der Waals surface area (Å²) in [6, 6.07) is 4.37. The predicted molar refractivity (Wildman–Crippen MR) is 65.1 cm³/mol. The number of hydrogen-bond donors (Lipinski definition) is 1. The lowest BCUT2D eigenvalue weighted by molar-refractivity contribution is -0.127. The molecule has 0 saturated carbocycles. The van der Waals surface area contributed by atoms with Crippen molar-refractivity contribution in [3.63, 3.8) is 0 Å². The van der Waals surface area contributed by atoms with Crippen LogP contribution in [0.2, 0.25) is 0 Å². The quantitative estimate of drug-likeness (QED) is 0.930. The van der Waals surface area contributed by atoms with Gasteiger partial charge in [0.05, 0.1) is 13.5 Å². The van der Waals surface area contributed by atoms with E-state index in [9.17, 15) is 18.0 Å². The van der Waals surface area contributed by atoms with Crippen molar-refractivity contribution in [3.8, 4) is 5.75 Å². The van der Waals surface area contributed by atoms with Crippen molar-refractivity contribution in [3.05, 3.63) is 29.3 Å². The predicted octanol–water partition coefficient (Wildman–Crippen LogP) is 2.88. The van der Waals surface area contributed by atoms with Crippen LogP contribution in [0.4, 0.5) is 18.0 Å². The maximum Gasteiger partial charge on any atom is 0.407 e. The number of amides is 1. The first-order valence-electron chi connectivity index (χ1n) is 6.01. The Balaban J connectivity index is 2.13. The number of carbonyl (C=O) groups is 1. The molecular weight excluding hydrogens is 275 g/mol. The Bertz CT molecular complexity index is 510. The van der Waals surface area contributed by atoms with Crippen LogP contribution in [0.3, 0.4) is 0 Å². The highest BCUT2D eigenvalue weighted by atomic mass is 19.4. The highest BCUT2D eigenvalue weighted by Gasteiger charge is 2.34. The summed E-state index contributed by atoms with van der Waals surface area (Å²) in [4.78, 5) is 11.9. The van der Waals surface area contributed by atoms with Gasteiger partial charge in [0.15, 0.2) is 0 Å². The van der Waals surface area contributed by atoms with Gasteiger partial charge in [-0.2, -0.15) is 13.2 Å². The molecule has 1 aliphatic rings. The van der Waals surface area contributed by atoms with Gasteiger partial charge in [0.2, 0.25) is 0 Å². The maximum atomic E-state index is 12.3. The number of benzene rings is 1. The Morgan fingerprint density at radius 1 is 1.45 bits per heavy atom. The van der Waals surface area contributed by atoms with Gasteiger partial charge in [0.1, 0.15) is 5.75 Å². The van der Waals surface area contributed by atoms with E-state index in [1.54, 1.807) is 6.07 Å². The number of nitrogens with zero attached hydrogens (tertiary/aromatic N) is 1. The van der Waals surface area contributed by atoms with E-state index >= 15 is 0 Å². The summed E-state index contributed by atoms with van der Waals surface area (Å²) in [5, 5.41) is 8.77. The van der Waals surface area contributed by atoms with Gasteiger partial charge in [0.25, 0.3) is 0 Å². The SMILES string of the molecule is COc1cc(CC(F)(F)F)ccc1C1CN(C(=O)O)C1. The molecule has 1 fully saturated rings. The minimum atomic E-state index is -4.26. The van der Waals surface area contributed by atoms with Crippen LogP contribution in [0.5, 0.6) is 5.75 Å². The molecule has 1 aliphatic heterocycles. The van der Waals surface area contributed by atoms with Gasteiger partial charge >= 0.3 is 12.3 Å². The third-order valence-electron chi connectivity index (χ3n) is 3.29. The molecule has 1 aromatic rings. The molecule has 1 amide bonds. The largest absolute Gasteiger partial charge is 0.496 e. The van der Waals surface area contributed by atoms with Gasteiger partial charge < -0.3 is 14.7 Å². The number of hydrogen-bond acceptors (Lipinski definition) is 2. The number of rotatable bonds is 3. The molecule has 0 bridgehead atoms. The van der Waals surface area contributed by atoms with E-state index < -0.39 is 18.7 Å². The normalized spacial score (nSPS) is 15.9. The van der Waals surface area contributed by atoms with Crippen LogP contribution in [-0.4, -0.2) is 42.5 Å². The number of halogens is 3. The van der Waals surface area contributed by atoms with Crippen LogP contribution in [0.25, 0.3) is 0 Å². The van der Waals surface area contributed by atoms with Gasteiger partial charge in [-0.25, -0.2) is 4.79 Å². The van der Waals surface area contributed by atoms with Crippen LogP contribution >= 0.6 is 0 Å².